The first kappa shape index (κ1) is 20.2. The van der Waals surface area contributed by atoms with Gasteiger partial charge in [0.1, 0.15) is 10.7 Å². The molecule has 2 aromatic heterocycles. The Balaban J connectivity index is 1.57. The van der Waals surface area contributed by atoms with Crippen molar-refractivity contribution in [2.75, 3.05) is 20.2 Å². The van der Waals surface area contributed by atoms with E-state index in [2.05, 4.69) is 11.0 Å². The van der Waals surface area contributed by atoms with Crippen molar-refractivity contribution < 1.29 is 9.47 Å². The predicted octanol–water partition coefficient (Wildman–Crippen LogP) is 5.23. The monoisotopic (exact) mass is 434 g/mol. The number of piperidine rings is 1. The summed E-state index contributed by atoms with van der Waals surface area (Å²) >= 11 is 1.79. The molecule has 160 valence electrons. The first-order valence-electron chi connectivity index (χ1n) is 11.0. The molecular formula is C24H26N4O2S. The van der Waals surface area contributed by atoms with Gasteiger partial charge in [-0.3, -0.25) is 4.90 Å². The Morgan fingerprint density at radius 2 is 1.90 bits per heavy atom. The Bertz CT molecular complexity index is 1140. The second-order valence-electron chi connectivity index (χ2n) is 8.25. The Morgan fingerprint density at radius 3 is 2.71 bits per heavy atom. The lowest BCUT2D eigenvalue weighted by Gasteiger charge is -2.25. The molecule has 1 aliphatic carbocycles. The van der Waals surface area contributed by atoms with Gasteiger partial charge in [0.05, 0.1) is 30.7 Å². The molecule has 6 nitrogen and oxygen atoms in total. The van der Waals surface area contributed by atoms with E-state index in [0.717, 1.165) is 48.5 Å². The number of nitriles is 1. The van der Waals surface area contributed by atoms with Crippen molar-refractivity contribution in [3.05, 3.63) is 40.0 Å². The van der Waals surface area contributed by atoms with E-state index in [-0.39, 0.29) is 0 Å². The highest BCUT2D eigenvalue weighted by Crippen LogP contribution is 2.42. The van der Waals surface area contributed by atoms with Gasteiger partial charge in [-0.25, -0.2) is 4.98 Å². The fourth-order valence-electron chi connectivity index (χ4n) is 4.55. The summed E-state index contributed by atoms with van der Waals surface area (Å²) in [6.07, 6.45) is 8.35. The number of aromatic nitrogens is 2. The van der Waals surface area contributed by atoms with Crippen LogP contribution in [0.2, 0.25) is 0 Å². The van der Waals surface area contributed by atoms with E-state index in [0.29, 0.717) is 22.9 Å². The molecule has 0 bridgehead atoms. The van der Waals surface area contributed by atoms with Gasteiger partial charge in [0.2, 0.25) is 5.88 Å². The first-order chi connectivity index (χ1) is 15.2. The summed E-state index contributed by atoms with van der Waals surface area (Å²) in [5.74, 6) is 2.53. The van der Waals surface area contributed by atoms with Gasteiger partial charge in [0.15, 0.2) is 11.5 Å². The van der Waals surface area contributed by atoms with Crippen molar-refractivity contribution >= 4 is 21.6 Å². The third kappa shape index (κ3) is 4.10. The number of hydrogen-bond donors (Lipinski definition) is 0. The number of likely N-dealkylation sites (tertiary alicyclic amines) is 1. The van der Waals surface area contributed by atoms with Crippen LogP contribution in [0.5, 0.6) is 17.4 Å². The number of aryl methyl sites for hydroxylation is 2. The molecule has 3 aromatic rings. The van der Waals surface area contributed by atoms with Crippen molar-refractivity contribution in [3.63, 3.8) is 0 Å². The van der Waals surface area contributed by atoms with E-state index in [1.807, 2.05) is 0 Å². The number of hydrogen-bond acceptors (Lipinski definition) is 7. The number of thiophene rings is 1. The number of nitrogens with zero attached hydrogens (tertiary/aromatic N) is 4. The predicted molar refractivity (Wildman–Crippen MR) is 121 cm³/mol. The molecule has 1 fully saturated rings. The summed E-state index contributed by atoms with van der Waals surface area (Å²) in [5, 5.41) is 10.3. The van der Waals surface area contributed by atoms with E-state index in [1.54, 1.807) is 36.6 Å². The number of methoxy groups -OCH3 is 1. The van der Waals surface area contributed by atoms with Crippen LogP contribution in [0.4, 0.5) is 0 Å². The lowest BCUT2D eigenvalue weighted by Crippen LogP contribution is -2.29. The maximum Gasteiger partial charge on any atom is 0.231 e. The fourth-order valence-corrected chi connectivity index (χ4v) is 5.82. The summed E-state index contributed by atoms with van der Waals surface area (Å²) < 4.78 is 11.9. The molecule has 0 amide bonds. The van der Waals surface area contributed by atoms with Crippen molar-refractivity contribution in [2.45, 2.75) is 51.5 Å². The van der Waals surface area contributed by atoms with Gasteiger partial charge in [-0.2, -0.15) is 10.2 Å². The number of ether oxygens (including phenoxy) is 2. The topological polar surface area (TPSA) is 71.3 Å². The highest BCUT2D eigenvalue weighted by molar-refractivity contribution is 7.18. The first-order valence-corrected chi connectivity index (χ1v) is 11.9. The second-order valence-corrected chi connectivity index (χ2v) is 9.34. The van der Waals surface area contributed by atoms with E-state index < -0.39 is 0 Å². The molecule has 0 N–H and O–H groups in total. The Morgan fingerprint density at radius 1 is 1.06 bits per heavy atom. The summed E-state index contributed by atoms with van der Waals surface area (Å²) in [5.41, 5.74) is 1.88. The highest BCUT2D eigenvalue weighted by Gasteiger charge is 2.24. The molecule has 0 unspecified atom stereocenters. The molecule has 0 radical (unpaired) electrons. The van der Waals surface area contributed by atoms with Crippen molar-refractivity contribution in [1.29, 1.82) is 5.26 Å². The molecule has 1 aliphatic heterocycles. The zero-order chi connectivity index (χ0) is 21.2. The number of benzene rings is 1. The van der Waals surface area contributed by atoms with Crippen molar-refractivity contribution in [1.82, 2.24) is 14.9 Å². The lowest BCUT2D eigenvalue weighted by molar-refractivity contribution is 0.215. The van der Waals surface area contributed by atoms with Crippen LogP contribution in [-0.4, -0.2) is 35.1 Å². The normalized spacial score (nSPS) is 16.6. The van der Waals surface area contributed by atoms with Crippen LogP contribution < -0.4 is 9.47 Å². The van der Waals surface area contributed by atoms with Gasteiger partial charge < -0.3 is 9.47 Å². The summed E-state index contributed by atoms with van der Waals surface area (Å²) in [7, 11) is 1.59. The van der Waals surface area contributed by atoms with E-state index in [9.17, 15) is 5.26 Å². The summed E-state index contributed by atoms with van der Waals surface area (Å²) in [6.45, 7) is 2.95. The smallest absolute Gasteiger partial charge is 0.231 e. The van der Waals surface area contributed by atoms with Gasteiger partial charge in [-0.15, -0.1) is 11.3 Å². The highest BCUT2D eigenvalue weighted by atomic mass is 32.1. The minimum Gasteiger partial charge on any atom is -0.493 e. The fraction of sp³-hybridized carbons (Fsp3) is 0.458. The molecule has 31 heavy (non-hydrogen) atoms. The van der Waals surface area contributed by atoms with Crippen LogP contribution >= 0.6 is 11.3 Å². The average molecular weight is 435 g/mol. The van der Waals surface area contributed by atoms with Crippen LogP contribution in [0, 0.1) is 11.3 Å². The van der Waals surface area contributed by atoms with Crippen LogP contribution in [0.15, 0.2) is 18.2 Å². The van der Waals surface area contributed by atoms with Crippen LogP contribution in [0.3, 0.4) is 0 Å². The quantitative estimate of drug-likeness (QED) is 0.548. The average Bonchev–Trinajstić information content (AvgIpc) is 3.18. The Hall–Kier alpha value is -2.69. The largest absolute Gasteiger partial charge is 0.493 e. The molecule has 0 atom stereocenters. The Labute approximate surface area is 186 Å². The van der Waals surface area contributed by atoms with Gasteiger partial charge in [0, 0.05) is 10.9 Å². The zero-order valence-electron chi connectivity index (χ0n) is 17.8. The minimum absolute atomic E-state index is 0.535. The summed E-state index contributed by atoms with van der Waals surface area (Å²) in [6, 6.07) is 7.38. The molecule has 7 heteroatoms. The molecule has 0 saturated carbocycles. The number of fused-ring (bicyclic) bond motifs is 3. The third-order valence-electron chi connectivity index (χ3n) is 6.14. The maximum absolute atomic E-state index is 9.21. The SMILES string of the molecule is COc1cc(C#N)ccc1Oc1nc(CN2CCCCC2)nc2sc3c(c12)CCCC3. The second kappa shape index (κ2) is 8.81. The molecule has 3 heterocycles. The number of rotatable bonds is 5. The van der Waals surface area contributed by atoms with Crippen LogP contribution in [0.1, 0.15) is 53.9 Å². The lowest BCUT2D eigenvalue weighted by atomic mass is 9.97. The van der Waals surface area contributed by atoms with Gasteiger partial charge >= 0.3 is 0 Å². The van der Waals surface area contributed by atoms with Gasteiger partial charge in [-0.1, -0.05) is 6.42 Å². The molecule has 1 aromatic carbocycles. The molecular weight excluding hydrogens is 408 g/mol. The van der Waals surface area contributed by atoms with Gasteiger partial charge in [-0.05, 0) is 69.3 Å². The van der Waals surface area contributed by atoms with Crippen LogP contribution in [-0.2, 0) is 19.4 Å². The zero-order valence-corrected chi connectivity index (χ0v) is 18.6. The van der Waals surface area contributed by atoms with Gasteiger partial charge in [0.25, 0.3) is 0 Å². The Kier molecular flexibility index (Phi) is 5.75. The van der Waals surface area contributed by atoms with E-state index >= 15 is 0 Å². The van der Waals surface area contributed by atoms with E-state index in [4.69, 9.17) is 19.4 Å². The molecule has 0 spiro atoms. The van der Waals surface area contributed by atoms with Crippen LogP contribution in [0.25, 0.3) is 10.2 Å². The van der Waals surface area contributed by atoms with Crippen molar-refractivity contribution in [2.24, 2.45) is 0 Å². The molecule has 2 aliphatic rings. The molecule has 1 saturated heterocycles. The third-order valence-corrected chi connectivity index (χ3v) is 7.33. The standard InChI is InChI=1S/C24H26N4O2S/c1-29-19-13-16(14-25)9-10-18(19)30-23-22-17-7-3-4-8-20(17)31-24(22)27-21(26-23)15-28-11-5-2-6-12-28/h9-10,13H,2-8,11-12,15H2,1H3. The summed E-state index contributed by atoms with van der Waals surface area (Å²) in [4.78, 5) is 14.7. The van der Waals surface area contributed by atoms with Crippen molar-refractivity contribution in [3.8, 4) is 23.4 Å². The maximum atomic E-state index is 9.21. The van der Waals surface area contributed by atoms with E-state index in [1.165, 1.54) is 42.5 Å². The minimum atomic E-state index is 0.535. The molecule has 5 rings (SSSR count).